The van der Waals surface area contributed by atoms with Gasteiger partial charge in [-0.15, -0.1) is 11.3 Å². The SMILES string of the molecule is c1ccc(-c2ncsc2CN[C@H]2CCOC3(CCOCC3)C2)cc1. The smallest absolute Gasteiger partial charge is 0.0856 e. The van der Waals surface area contributed by atoms with E-state index in [1.807, 2.05) is 11.6 Å². The number of aromatic nitrogens is 1. The van der Waals surface area contributed by atoms with Gasteiger partial charge in [-0.25, -0.2) is 4.98 Å². The van der Waals surface area contributed by atoms with E-state index < -0.39 is 0 Å². The summed E-state index contributed by atoms with van der Waals surface area (Å²) in [7, 11) is 0. The van der Waals surface area contributed by atoms with Crippen molar-refractivity contribution in [3.8, 4) is 11.3 Å². The van der Waals surface area contributed by atoms with E-state index in [0.717, 1.165) is 57.7 Å². The number of rotatable bonds is 4. The maximum absolute atomic E-state index is 6.14. The summed E-state index contributed by atoms with van der Waals surface area (Å²) in [5.74, 6) is 0. The van der Waals surface area contributed by atoms with Gasteiger partial charge in [0.05, 0.1) is 16.8 Å². The molecule has 0 amide bonds. The standard InChI is InChI=1S/C19H24N2O2S/c1-2-4-15(5-3-1)18-17(24-14-21-18)13-20-16-6-9-23-19(12-16)7-10-22-11-8-19/h1-5,14,16,20H,6-13H2/t16-/m0/s1. The van der Waals surface area contributed by atoms with Gasteiger partial charge in [-0.05, 0) is 25.7 Å². The Morgan fingerprint density at radius 2 is 2.00 bits per heavy atom. The third-order valence-corrected chi connectivity index (χ3v) is 5.97. The first-order chi connectivity index (χ1) is 11.8. The van der Waals surface area contributed by atoms with E-state index in [0.29, 0.717) is 6.04 Å². The van der Waals surface area contributed by atoms with Gasteiger partial charge in [-0.1, -0.05) is 30.3 Å². The van der Waals surface area contributed by atoms with Crippen molar-refractivity contribution >= 4 is 11.3 Å². The van der Waals surface area contributed by atoms with E-state index >= 15 is 0 Å². The number of benzene rings is 1. The summed E-state index contributed by atoms with van der Waals surface area (Å²) in [5, 5.41) is 3.76. The fraction of sp³-hybridized carbons (Fsp3) is 0.526. The Morgan fingerprint density at radius 3 is 2.83 bits per heavy atom. The van der Waals surface area contributed by atoms with Crippen molar-refractivity contribution in [2.45, 2.75) is 43.9 Å². The fourth-order valence-corrected chi connectivity index (χ4v) is 4.49. The van der Waals surface area contributed by atoms with Gasteiger partial charge in [0, 0.05) is 42.8 Å². The Balaban J connectivity index is 1.40. The Bertz CT molecular complexity index is 647. The van der Waals surface area contributed by atoms with Crippen LogP contribution in [0, 0.1) is 0 Å². The summed E-state index contributed by atoms with van der Waals surface area (Å²) in [6, 6.07) is 11.0. The molecule has 4 nitrogen and oxygen atoms in total. The van der Waals surface area contributed by atoms with Gasteiger partial charge in [-0.3, -0.25) is 0 Å². The Hall–Kier alpha value is -1.27. The molecule has 3 heterocycles. The molecule has 1 aromatic carbocycles. The number of ether oxygens (including phenoxy) is 2. The lowest BCUT2D eigenvalue weighted by atomic mass is 9.84. The zero-order valence-corrected chi connectivity index (χ0v) is 14.7. The molecule has 0 saturated carbocycles. The molecule has 24 heavy (non-hydrogen) atoms. The first-order valence-electron chi connectivity index (χ1n) is 8.78. The lowest BCUT2D eigenvalue weighted by molar-refractivity contribution is -0.140. The van der Waals surface area contributed by atoms with Crippen molar-refractivity contribution in [2.24, 2.45) is 0 Å². The van der Waals surface area contributed by atoms with Crippen LogP contribution in [0.25, 0.3) is 11.3 Å². The van der Waals surface area contributed by atoms with Gasteiger partial charge >= 0.3 is 0 Å². The second-order valence-corrected chi connectivity index (χ2v) is 7.64. The average Bonchev–Trinajstić information content (AvgIpc) is 3.10. The molecule has 2 saturated heterocycles. The molecular weight excluding hydrogens is 320 g/mol. The van der Waals surface area contributed by atoms with E-state index in [1.54, 1.807) is 11.3 Å². The minimum atomic E-state index is 0.0458. The van der Waals surface area contributed by atoms with Gasteiger partial charge in [0.15, 0.2) is 0 Å². The second kappa shape index (κ2) is 7.31. The lowest BCUT2D eigenvalue weighted by Gasteiger charge is -2.43. The largest absolute Gasteiger partial charge is 0.381 e. The predicted molar refractivity (Wildman–Crippen MR) is 96.1 cm³/mol. The number of thiazole rings is 1. The first kappa shape index (κ1) is 16.2. The summed E-state index contributed by atoms with van der Waals surface area (Å²) in [6.45, 7) is 3.40. The van der Waals surface area contributed by atoms with E-state index in [1.165, 1.54) is 10.4 Å². The molecular formula is C19H24N2O2S. The van der Waals surface area contributed by atoms with Crippen LogP contribution < -0.4 is 5.32 Å². The highest BCUT2D eigenvalue weighted by atomic mass is 32.1. The molecule has 4 rings (SSSR count). The minimum Gasteiger partial charge on any atom is -0.381 e. The molecule has 0 aliphatic carbocycles. The van der Waals surface area contributed by atoms with Crippen LogP contribution in [0.4, 0.5) is 0 Å². The quantitative estimate of drug-likeness (QED) is 0.920. The fourth-order valence-electron chi connectivity index (χ4n) is 3.76. The van der Waals surface area contributed by atoms with Gasteiger partial charge in [0.2, 0.25) is 0 Å². The van der Waals surface area contributed by atoms with Gasteiger partial charge < -0.3 is 14.8 Å². The highest BCUT2D eigenvalue weighted by molar-refractivity contribution is 7.10. The van der Waals surface area contributed by atoms with E-state index in [4.69, 9.17) is 9.47 Å². The zero-order valence-electron chi connectivity index (χ0n) is 13.9. The van der Waals surface area contributed by atoms with E-state index in [9.17, 15) is 0 Å². The van der Waals surface area contributed by atoms with Crippen LogP contribution in [0.5, 0.6) is 0 Å². The molecule has 2 aromatic rings. The monoisotopic (exact) mass is 344 g/mol. The highest BCUT2D eigenvalue weighted by Gasteiger charge is 2.38. The van der Waals surface area contributed by atoms with Crippen LogP contribution in [0.3, 0.4) is 0 Å². The summed E-state index contributed by atoms with van der Waals surface area (Å²) in [4.78, 5) is 5.88. The number of hydrogen-bond donors (Lipinski definition) is 1. The zero-order chi connectivity index (χ0) is 16.2. The van der Waals surface area contributed by atoms with E-state index in [-0.39, 0.29) is 5.60 Å². The Morgan fingerprint density at radius 1 is 1.17 bits per heavy atom. The van der Waals surface area contributed by atoms with Crippen molar-refractivity contribution in [3.63, 3.8) is 0 Å². The number of nitrogens with one attached hydrogen (secondary N) is 1. The maximum atomic E-state index is 6.14. The van der Waals surface area contributed by atoms with Gasteiger partial charge in [0.25, 0.3) is 0 Å². The molecule has 0 unspecified atom stereocenters. The van der Waals surface area contributed by atoms with E-state index in [2.05, 4.69) is 34.6 Å². The van der Waals surface area contributed by atoms with Crippen LogP contribution in [0.1, 0.15) is 30.6 Å². The molecule has 2 fully saturated rings. The van der Waals surface area contributed by atoms with Gasteiger partial charge in [-0.2, -0.15) is 0 Å². The molecule has 0 radical (unpaired) electrons. The molecule has 2 aliphatic heterocycles. The Labute approximate surface area is 147 Å². The first-order valence-corrected chi connectivity index (χ1v) is 9.66. The van der Waals surface area contributed by atoms with Crippen LogP contribution in [-0.4, -0.2) is 36.4 Å². The van der Waals surface area contributed by atoms with Crippen LogP contribution in [0.15, 0.2) is 35.8 Å². The molecule has 1 spiro atoms. The molecule has 1 aromatic heterocycles. The van der Waals surface area contributed by atoms with Crippen molar-refractivity contribution in [3.05, 3.63) is 40.7 Å². The molecule has 128 valence electrons. The van der Waals surface area contributed by atoms with Crippen molar-refractivity contribution < 1.29 is 9.47 Å². The summed E-state index contributed by atoms with van der Waals surface area (Å²) < 4.78 is 11.6. The summed E-state index contributed by atoms with van der Waals surface area (Å²) in [6.07, 6.45) is 4.24. The van der Waals surface area contributed by atoms with Crippen molar-refractivity contribution in [2.75, 3.05) is 19.8 Å². The predicted octanol–water partition coefficient (Wildman–Crippen LogP) is 3.63. The molecule has 1 N–H and O–H groups in total. The maximum Gasteiger partial charge on any atom is 0.0856 e. The number of hydrogen-bond acceptors (Lipinski definition) is 5. The van der Waals surface area contributed by atoms with Crippen LogP contribution >= 0.6 is 11.3 Å². The molecule has 5 heteroatoms. The highest BCUT2D eigenvalue weighted by Crippen LogP contribution is 2.34. The number of nitrogens with zero attached hydrogens (tertiary/aromatic N) is 1. The summed E-state index contributed by atoms with van der Waals surface area (Å²) in [5.41, 5.74) is 4.30. The van der Waals surface area contributed by atoms with Crippen molar-refractivity contribution in [1.82, 2.24) is 10.3 Å². The Kier molecular flexibility index (Phi) is 4.94. The second-order valence-electron chi connectivity index (χ2n) is 6.70. The minimum absolute atomic E-state index is 0.0458. The van der Waals surface area contributed by atoms with Crippen molar-refractivity contribution in [1.29, 1.82) is 0 Å². The van der Waals surface area contributed by atoms with Crippen LogP contribution in [0.2, 0.25) is 0 Å². The molecule has 0 bridgehead atoms. The molecule has 2 aliphatic rings. The third kappa shape index (κ3) is 3.54. The third-order valence-electron chi connectivity index (χ3n) is 5.14. The normalized spacial score (nSPS) is 23.4. The average molecular weight is 344 g/mol. The summed E-state index contributed by atoms with van der Waals surface area (Å²) >= 11 is 1.74. The molecule has 1 atom stereocenters. The topological polar surface area (TPSA) is 43.4 Å². The van der Waals surface area contributed by atoms with Crippen LogP contribution in [-0.2, 0) is 16.0 Å². The lowest BCUT2D eigenvalue weighted by Crippen LogP contribution is -2.49. The van der Waals surface area contributed by atoms with Gasteiger partial charge in [0.1, 0.15) is 0 Å².